The highest BCUT2D eigenvalue weighted by Crippen LogP contribution is 2.05. The first-order valence-electron chi connectivity index (χ1n) is 4.18. The van der Waals surface area contributed by atoms with E-state index < -0.39 is 0 Å². The first kappa shape index (κ1) is 11.2. The number of hydrogen-bond acceptors (Lipinski definition) is 5. The molecule has 76 valence electrons. The molecule has 2 heterocycles. The Morgan fingerprint density at radius 3 is 2.57 bits per heavy atom. The Hall–Kier alpha value is -0.880. The maximum Gasteiger partial charge on any atom is 0.201 e. The monoisotopic (exact) mass is 228 g/mol. The van der Waals surface area contributed by atoms with Crippen molar-refractivity contribution in [2.45, 2.75) is 6.42 Å². The van der Waals surface area contributed by atoms with Crippen LogP contribution < -0.4 is 10.1 Å². The summed E-state index contributed by atoms with van der Waals surface area (Å²) in [6.45, 7) is 0.992. The average Bonchev–Trinajstić information content (AvgIpc) is 2.21. The minimum atomic E-state index is 0.363. The number of hydrogen-bond donors (Lipinski definition) is 3. The zero-order chi connectivity index (χ0) is 10.2. The van der Waals surface area contributed by atoms with E-state index >= 15 is 0 Å². The van der Waals surface area contributed by atoms with Crippen molar-refractivity contribution in [2.75, 3.05) is 12.3 Å². The van der Waals surface area contributed by atoms with Crippen molar-refractivity contribution in [1.29, 1.82) is 10.8 Å². The quantitative estimate of drug-likeness (QED) is 0.626. The highest BCUT2D eigenvalue weighted by Gasteiger charge is 2.01. The van der Waals surface area contributed by atoms with Gasteiger partial charge >= 0.3 is 0 Å². The Morgan fingerprint density at radius 2 is 2.29 bits per heavy atom. The van der Waals surface area contributed by atoms with E-state index in [0.29, 0.717) is 9.97 Å². The van der Waals surface area contributed by atoms with Crippen LogP contribution in [0.4, 0.5) is 0 Å². The molecule has 0 amide bonds. The van der Waals surface area contributed by atoms with Gasteiger partial charge < -0.3 is 5.32 Å². The van der Waals surface area contributed by atoms with Gasteiger partial charge in [0.25, 0.3) is 0 Å². The molecule has 0 aliphatic carbocycles. The molecule has 14 heavy (non-hydrogen) atoms. The molecular weight excluding hydrogens is 216 g/mol. The molecule has 0 unspecified atom stereocenters. The minimum absolute atomic E-state index is 0.363. The van der Waals surface area contributed by atoms with Crippen LogP contribution >= 0.6 is 23.1 Å². The molecule has 6 heteroatoms. The SMILES string of the molecule is N=C1NCCCS1.N=c1ncccs1. The van der Waals surface area contributed by atoms with Gasteiger partial charge in [0.2, 0.25) is 4.80 Å². The third-order valence-electron chi connectivity index (χ3n) is 1.39. The van der Waals surface area contributed by atoms with Crippen LogP contribution in [0.25, 0.3) is 0 Å². The first-order valence-corrected chi connectivity index (χ1v) is 6.05. The topological polar surface area (TPSA) is 72.6 Å². The Bertz CT molecular complexity index is 311. The van der Waals surface area contributed by atoms with Crippen LogP contribution in [0, 0.1) is 10.8 Å². The summed E-state index contributed by atoms with van der Waals surface area (Å²) < 4.78 is 0. The second kappa shape index (κ2) is 6.56. The average molecular weight is 228 g/mol. The molecule has 1 aliphatic rings. The molecule has 1 aliphatic heterocycles. The lowest BCUT2D eigenvalue weighted by Crippen LogP contribution is -2.25. The van der Waals surface area contributed by atoms with E-state index in [2.05, 4.69) is 10.3 Å². The van der Waals surface area contributed by atoms with E-state index in [1.54, 1.807) is 18.0 Å². The molecule has 1 saturated heterocycles. The fourth-order valence-electron chi connectivity index (χ4n) is 0.779. The van der Waals surface area contributed by atoms with Gasteiger partial charge in [0.1, 0.15) is 0 Å². The second-order valence-electron chi connectivity index (χ2n) is 2.49. The molecule has 1 aromatic rings. The zero-order valence-corrected chi connectivity index (χ0v) is 9.25. The lowest BCUT2D eigenvalue weighted by Gasteiger charge is -2.11. The van der Waals surface area contributed by atoms with Crippen LogP contribution in [0.2, 0.25) is 0 Å². The van der Waals surface area contributed by atoms with Crippen LogP contribution in [0.15, 0.2) is 17.6 Å². The van der Waals surface area contributed by atoms with Crippen molar-refractivity contribution >= 4 is 28.3 Å². The molecule has 0 spiro atoms. The standard InChI is InChI=1S/C4H8N2S.C4H4N2S/c2*5-4-6-2-1-3-7-4/h1-3H2,(H2,5,6);1-3,5H. The molecule has 1 aromatic heterocycles. The van der Waals surface area contributed by atoms with E-state index in [-0.39, 0.29) is 0 Å². The fraction of sp³-hybridized carbons (Fsp3) is 0.375. The lowest BCUT2D eigenvalue weighted by molar-refractivity contribution is 0.840. The fourth-order valence-corrected chi connectivity index (χ4v) is 1.88. The van der Waals surface area contributed by atoms with Gasteiger partial charge in [-0.15, -0.1) is 11.3 Å². The maximum atomic E-state index is 7.04. The lowest BCUT2D eigenvalue weighted by atomic mass is 10.5. The van der Waals surface area contributed by atoms with Gasteiger partial charge in [-0.05, 0) is 17.9 Å². The number of nitrogens with one attached hydrogen (secondary N) is 3. The summed E-state index contributed by atoms with van der Waals surface area (Å²) in [4.78, 5) is 4.03. The smallest absolute Gasteiger partial charge is 0.201 e. The van der Waals surface area contributed by atoms with Gasteiger partial charge in [-0.1, -0.05) is 11.8 Å². The van der Waals surface area contributed by atoms with Gasteiger partial charge in [-0.3, -0.25) is 10.8 Å². The molecule has 0 atom stereocenters. The number of thioether (sulfide) groups is 1. The summed E-state index contributed by atoms with van der Waals surface area (Å²) in [7, 11) is 0. The first-order chi connectivity index (χ1) is 6.79. The number of rotatable bonds is 0. The predicted molar refractivity (Wildman–Crippen MR) is 60.8 cm³/mol. The summed E-state index contributed by atoms with van der Waals surface area (Å²) in [5.41, 5.74) is 0. The van der Waals surface area contributed by atoms with Crippen molar-refractivity contribution in [3.05, 3.63) is 22.4 Å². The van der Waals surface area contributed by atoms with E-state index in [4.69, 9.17) is 10.8 Å². The third-order valence-corrected chi connectivity index (χ3v) is 2.94. The molecule has 2 rings (SSSR count). The molecule has 0 radical (unpaired) electrons. The number of aromatic nitrogens is 1. The highest BCUT2D eigenvalue weighted by molar-refractivity contribution is 8.13. The van der Waals surface area contributed by atoms with E-state index in [9.17, 15) is 0 Å². The summed E-state index contributed by atoms with van der Waals surface area (Å²) in [6.07, 6.45) is 2.81. The van der Waals surface area contributed by atoms with E-state index in [1.807, 2.05) is 11.4 Å². The predicted octanol–water partition coefficient (Wildman–Crippen LogP) is 1.27. The van der Waals surface area contributed by atoms with Crippen molar-refractivity contribution < 1.29 is 0 Å². The zero-order valence-electron chi connectivity index (χ0n) is 7.62. The van der Waals surface area contributed by atoms with Crippen LogP contribution in [0.1, 0.15) is 6.42 Å². The second-order valence-corrected chi connectivity index (χ2v) is 4.49. The Kier molecular flexibility index (Phi) is 5.24. The van der Waals surface area contributed by atoms with Crippen molar-refractivity contribution in [1.82, 2.24) is 10.3 Å². The number of nitrogens with zero attached hydrogens (tertiary/aromatic N) is 1. The van der Waals surface area contributed by atoms with Crippen molar-refractivity contribution in [3.8, 4) is 0 Å². The molecule has 3 N–H and O–H groups in total. The highest BCUT2D eigenvalue weighted by atomic mass is 32.2. The largest absolute Gasteiger partial charge is 0.365 e. The number of amidine groups is 1. The minimum Gasteiger partial charge on any atom is -0.365 e. The van der Waals surface area contributed by atoms with Gasteiger partial charge in [-0.25, -0.2) is 4.98 Å². The Morgan fingerprint density at radius 1 is 1.43 bits per heavy atom. The van der Waals surface area contributed by atoms with Gasteiger partial charge in [0, 0.05) is 18.5 Å². The van der Waals surface area contributed by atoms with Crippen LogP contribution in [0.5, 0.6) is 0 Å². The third kappa shape index (κ3) is 4.98. The van der Waals surface area contributed by atoms with Gasteiger partial charge in [-0.2, -0.15) is 0 Å². The molecular formula is C8H12N4S2. The molecule has 1 fully saturated rings. The summed E-state index contributed by atoms with van der Waals surface area (Å²) in [5, 5.41) is 19.3. The Balaban J connectivity index is 0.000000140. The molecule has 4 nitrogen and oxygen atoms in total. The molecule has 0 saturated carbocycles. The van der Waals surface area contributed by atoms with Crippen molar-refractivity contribution in [3.63, 3.8) is 0 Å². The van der Waals surface area contributed by atoms with Crippen LogP contribution in [-0.4, -0.2) is 22.4 Å². The summed E-state index contributed by atoms with van der Waals surface area (Å²) in [5.74, 6) is 1.12. The molecule has 0 bridgehead atoms. The van der Waals surface area contributed by atoms with E-state index in [1.165, 1.54) is 17.8 Å². The van der Waals surface area contributed by atoms with Crippen molar-refractivity contribution in [2.24, 2.45) is 0 Å². The normalized spacial score (nSPS) is 15.0. The van der Waals surface area contributed by atoms with Crippen LogP contribution in [0.3, 0.4) is 0 Å². The van der Waals surface area contributed by atoms with Gasteiger partial charge in [0.05, 0.1) is 0 Å². The summed E-state index contributed by atoms with van der Waals surface area (Å²) >= 11 is 2.91. The van der Waals surface area contributed by atoms with E-state index in [0.717, 1.165) is 12.3 Å². The maximum absolute atomic E-state index is 7.04. The Labute approximate surface area is 90.8 Å². The van der Waals surface area contributed by atoms with Gasteiger partial charge in [0.15, 0.2) is 5.17 Å². The summed E-state index contributed by atoms with van der Waals surface area (Å²) in [6, 6.07) is 1.81. The van der Waals surface area contributed by atoms with Crippen LogP contribution in [-0.2, 0) is 0 Å². The molecule has 0 aromatic carbocycles.